The van der Waals surface area contributed by atoms with E-state index in [1.807, 2.05) is 0 Å². The Bertz CT molecular complexity index is 283. The normalized spacial score (nSPS) is 37.0. The summed E-state index contributed by atoms with van der Waals surface area (Å²) in [6, 6.07) is 1.79. The number of hydrogen-bond donors (Lipinski definition) is 1. The molecule has 3 rings (SSSR count). The lowest BCUT2D eigenvalue weighted by Crippen LogP contribution is -2.51. The molecule has 104 valence electrons. The predicted molar refractivity (Wildman–Crippen MR) is 76.7 cm³/mol. The van der Waals surface area contributed by atoms with Gasteiger partial charge in [0, 0.05) is 12.1 Å². The summed E-state index contributed by atoms with van der Waals surface area (Å²) in [5, 5.41) is 3.73. The van der Waals surface area contributed by atoms with Crippen molar-refractivity contribution in [2.45, 2.75) is 70.9 Å². The average molecular weight is 250 g/mol. The van der Waals surface area contributed by atoms with Crippen LogP contribution in [0.1, 0.15) is 58.8 Å². The van der Waals surface area contributed by atoms with Gasteiger partial charge in [-0.25, -0.2) is 0 Å². The lowest BCUT2D eigenvalue weighted by Gasteiger charge is -2.44. The zero-order valence-corrected chi connectivity index (χ0v) is 12.3. The maximum absolute atomic E-state index is 3.73. The largest absolute Gasteiger partial charge is 0.314 e. The van der Waals surface area contributed by atoms with Crippen LogP contribution in [0, 0.1) is 11.3 Å². The van der Waals surface area contributed by atoms with E-state index >= 15 is 0 Å². The fraction of sp³-hybridized carbons (Fsp3) is 1.00. The molecule has 0 aromatic carbocycles. The first kappa shape index (κ1) is 12.9. The Morgan fingerprint density at radius 1 is 1.06 bits per heavy atom. The fourth-order valence-corrected chi connectivity index (χ4v) is 3.65. The predicted octanol–water partition coefficient (Wildman–Crippen LogP) is 3.03. The van der Waals surface area contributed by atoms with Crippen LogP contribution in [-0.2, 0) is 0 Å². The Hall–Kier alpha value is -0.0800. The van der Waals surface area contributed by atoms with Crippen molar-refractivity contribution >= 4 is 0 Å². The molecule has 1 aliphatic heterocycles. The van der Waals surface area contributed by atoms with E-state index in [9.17, 15) is 0 Å². The Balaban J connectivity index is 1.47. The number of nitrogens with zero attached hydrogens (tertiary/aromatic N) is 1. The molecule has 2 atom stereocenters. The molecular formula is C16H30N2. The number of nitrogens with one attached hydrogen (secondary N) is 1. The highest BCUT2D eigenvalue weighted by Crippen LogP contribution is 2.37. The van der Waals surface area contributed by atoms with Crippen LogP contribution in [-0.4, -0.2) is 36.6 Å². The van der Waals surface area contributed by atoms with Gasteiger partial charge in [0.25, 0.3) is 0 Å². The molecule has 0 bridgehead atoms. The molecule has 18 heavy (non-hydrogen) atoms. The summed E-state index contributed by atoms with van der Waals surface area (Å²) >= 11 is 0. The van der Waals surface area contributed by atoms with Crippen LogP contribution in [0.15, 0.2) is 0 Å². The van der Waals surface area contributed by atoms with E-state index in [0.29, 0.717) is 5.41 Å². The van der Waals surface area contributed by atoms with Gasteiger partial charge in [-0.3, -0.25) is 0 Å². The second-order valence-corrected chi connectivity index (χ2v) is 7.64. The summed E-state index contributed by atoms with van der Waals surface area (Å²) in [6.07, 6.45) is 9.99. The second-order valence-electron chi connectivity index (χ2n) is 7.64. The van der Waals surface area contributed by atoms with Crippen molar-refractivity contribution in [3.63, 3.8) is 0 Å². The van der Waals surface area contributed by atoms with E-state index in [-0.39, 0.29) is 0 Å². The van der Waals surface area contributed by atoms with Gasteiger partial charge in [0.1, 0.15) is 0 Å². The van der Waals surface area contributed by atoms with E-state index in [1.165, 1.54) is 64.6 Å². The van der Waals surface area contributed by atoms with Gasteiger partial charge in [-0.05, 0) is 75.9 Å². The average Bonchev–Trinajstić information content (AvgIpc) is 3.07. The minimum atomic E-state index is 0.584. The molecule has 3 aliphatic rings. The topological polar surface area (TPSA) is 15.3 Å². The van der Waals surface area contributed by atoms with Crippen molar-refractivity contribution in [1.29, 1.82) is 0 Å². The third-order valence-electron chi connectivity index (χ3n) is 5.47. The summed E-state index contributed by atoms with van der Waals surface area (Å²) in [4.78, 5) is 2.82. The quantitative estimate of drug-likeness (QED) is 0.825. The highest BCUT2D eigenvalue weighted by Gasteiger charge is 2.37. The van der Waals surface area contributed by atoms with Gasteiger partial charge in [0.05, 0.1) is 0 Å². The van der Waals surface area contributed by atoms with Crippen LogP contribution in [0.25, 0.3) is 0 Å². The molecule has 2 nitrogen and oxygen atoms in total. The smallest absolute Gasteiger partial charge is 0.0136 e. The van der Waals surface area contributed by atoms with E-state index in [4.69, 9.17) is 0 Å². The molecule has 0 radical (unpaired) electrons. The zero-order chi connectivity index (χ0) is 12.6. The summed E-state index contributed by atoms with van der Waals surface area (Å²) < 4.78 is 0. The summed E-state index contributed by atoms with van der Waals surface area (Å²) in [6.45, 7) is 8.88. The molecule has 2 saturated carbocycles. The maximum Gasteiger partial charge on any atom is 0.0136 e. The minimum Gasteiger partial charge on any atom is -0.314 e. The first-order chi connectivity index (χ1) is 8.64. The van der Waals surface area contributed by atoms with Gasteiger partial charge in [0.15, 0.2) is 0 Å². The van der Waals surface area contributed by atoms with E-state index < -0.39 is 0 Å². The molecule has 3 fully saturated rings. The van der Waals surface area contributed by atoms with E-state index in [0.717, 1.165) is 18.0 Å². The van der Waals surface area contributed by atoms with Gasteiger partial charge in [-0.1, -0.05) is 13.8 Å². The second kappa shape index (κ2) is 5.13. The van der Waals surface area contributed by atoms with Crippen molar-refractivity contribution < 1.29 is 0 Å². The van der Waals surface area contributed by atoms with Crippen LogP contribution >= 0.6 is 0 Å². The Labute approximate surface area is 113 Å². The van der Waals surface area contributed by atoms with Crippen LogP contribution in [0.4, 0.5) is 0 Å². The minimum absolute atomic E-state index is 0.584. The van der Waals surface area contributed by atoms with Gasteiger partial charge in [-0.2, -0.15) is 0 Å². The van der Waals surface area contributed by atoms with Crippen molar-refractivity contribution in [2.75, 3.05) is 19.6 Å². The highest BCUT2D eigenvalue weighted by atomic mass is 15.2. The van der Waals surface area contributed by atoms with Gasteiger partial charge in [0.2, 0.25) is 0 Å². The molecule has 1 saturated heterocycles. The monoisotopic (exact) mass is 250 g/mol. The molecule has 0 aromatic heterocycles. The third-order valence-corrected chi connectivity index (χ3v) is 5.47. The third kappa shape index (κ3) is 3.08. The first-order valence-electron chi connectivity index (χ1n) is 8.11. The molecule has 0 aromatic rings. The Morgan fingerprint density at radius 3 is 2.56 bits per heavy atom. The number of hydrogen-bond acceptors (Lipinski definition) is 2. The SMILES string of the molecule is CC1(C)CCCN(C2CCC2CNC2CC2)CC1. The highest BCUT2D eigenvalue weighted by molar-refractivity contribution is 4.93. The first-order valence-corrected chi connectivity index (χ1v) is 8.11. The summed E-state index contributed by atoms with van der Waals surface area (Å²) in [5.74, 6) is 0.951. The maximum atomic E-state index is 3.73. The summed E-state index contributed by atoms with van der Waals surface area (Å²) in [7, 11) is 0. The van der Waals surface area contributed by atoms with Gasteiger partial charge >= 0.3 is 0 Å². The molecule has 2 heteroatoms. The van der Waals surface area contributed by atoms with Crippen LogP contribution in [0.5, 0.6) is 0 Å². The zero-order valence-electron chi connectivity index (χ0n) is 12.3. The van der Waals surface area contributed by atoms with Crippen molar-refractivity contribution in [3.8, 4) is 0 Å². The molecule has 0 amide bonds. The van der Waals surface area contributed by atoms with Crippen molar-refractivity contribution in [1.82, 2.24) is 10.2 Å². The molecule has 2 unspecified atom stereocenters. The lowest BCUT2D eigenvalue weighted by atomic mass is 9.78. The molecule has 1 heterocycles. The van der Waals surface area contributed by atoms with Crippen molar-refractivity contribution in [3.05, 3.63) is 0 Å². The number of likely N-dealkylation sites (tertiary alicyclic amines) is 1. The van der Waals surface area contributed by atoms with Crippen LogP contribution < -0.4 is 5.32 Å². The molecule has 2 aliphatic carbocycles. The van der Waals surface area contributed by atoms with Crippen LogP contribution in [0.3, 0.4) is 0 Å². The number of rotatable bonds is 4. The standard InChI is InChI=1S/C16H30N2/c1-16(2)8-3-10-18(11-9-16)15-7-4-13(15)12-17-14-5-6-14/h13-15,17H,3-12H2,1-2H3. The Kier molecular flexibility index (Phi) is 3.68. The molecule has 1 N–H and O–H groups in total. The van der Waals surface area contributed by atoms with Crippen molar-refractivity contribution in [2.24, 2.45) is 11.3 Å². The Morgan fingerprint density at radius 2 is 1.89 bits per heavy atom. The van der Waals surface area contributed by atoms with E-state index in [2.05, 4.69) is 24.1 Å². The molecule has 0 spiro atoms. The van der Waals surface area contributed by atoms with E-state index in [1.54, 1.807) is 0 Å². The van der Waals surface area contributed by atoms with Gasteiger partial charge in [-0.15, -0.1) is 0 Å². The molecular weight excluding hydrogens is 220 g/mol. The summed E-state index contributed by atoms with van der Waals surface area (Å²) in [5.41, 5.74) is 0.584. The fourth-order valence-electron chi connectivity index (χ4n) is 3.65. The van der Waals surface area contributed by atoms with Crippen LogP contribution in [0.2, 0.25) is 0 Å². The lowest BCUT2D eigenvalue weighted by molar-refractivity contribution is 0.0621. The van der Waals surface area contributed by atoms with Gasteiger partial charge < -0.3 is 10.2 Å².